The average molecular weight is 442 g/mol. The maximum absolute atomic E-state index is 13.0. The van der Waals surface area contributed by atoms with E-state index in [1.807, 2.05) is 59.0 Å². The van der Waals surface area contributed by atoms with Gasteiger partial charge < -0.3 is 9.64 Å². The number of rotatable bonds is 5. The zero-order valence-corrected chi connectivity index (χ0v) is 18.9. The van der Waals surface area contributed by atoms with Gasteiger partial charge in [-0.25, -0.2) is 9.97 Å². The smallest absolute Gasteiger partial charge is 0.253 e. The van der Waals surface area contributed by atoms with Gasteiger partial charge >= 0.3 is 0 Å². The summed E-state index contributed by atoms with van der Waals surface area (Å²) < 4.78 is 6.97. The highest BCUT2D eigenvalue weighted by atomic mass is 16.5. The number of hydrogen-bond acceptors (Lipinski definition) is 5. The van der Waals surface area contributed by atoms with Crippen molar-refractivity contribution in [3.63, 3.8) is 0 Å². The van der Waals surface area contributed by atoms with Crippen LogP contribution in [0.1, 0.15) is 46.1 Å². The summed E-state index contributed by atoms with van der Waals surface area (Å²) in [6.45, 7) is 3.99. The average Bonchev–Trinajstić information content (AvgIpc) is 3.21. The second-order valence-corrected chi connectivity index (χ2v) is 8.49. The number of hydrogen-bond donors (Lipinski definition) is 0. The van der Waals surface area contributed by atoms with Crippen LogP contribution >= 0.6 is 0 Å². The quantitative estimate of drug-likeness (QED) is 0.462. The maximum Gasteiger partial charge on any atom is 0.253 e. The monoisotopic (exact) mass is 441 g/mol. The zero-order valence-electron chi connectivity index (χ0n) is 18.9. The molecule has 168 valence electrons. The van der Waals surface area contributed by atoms with Crippen LogP contribution in [0.2, 0.25) is 0 Å². The molecule has 0 N–H and O–H groups in total. The highest BCUT2D eigenvalue weighted by molar-refractivity contribution is 5.94. The lowest BCUT2D eigenvalue weighted by atomic mass is 9.92. The molecule has 0 radical (unpaired) electrons. The van der Waals surface area contributed by atoms with Crippen molar-refractivity contribution in [2.45, 2.75) is 32.3 Å². The van der Waals surface area contributed by atoms with Gasteiger partial charge in [-0.05, 0) is 61.7 Å². The highest BCUT2D eigenvalue weighted by Gasteiger charge is 2.26. The number of pyridine rings is 2. The second-order valence-electron chi connectivity index (χ2n) is 8.49. The van der Waals surface area contributed by atoms with Crippen LogP contribution in [0.25, 0.3) is 16.9 Å². The lowest BCUT2D eigenvalue weighted by Gasteiger charge is -2.32. The van der Waals surface area contributed by atoms with Crippen LogP contribution < -0.4 is 0 Å². The molecule has 0 spiro atoms. The SMILES string of the molecule is COCc1ccc(C(=O)N2CCC(c3ccc4c(C)nn(-c5ccccn5)c4n3)CC2)cc1. The number of carbonyl (C=O) groups is 1. The summed E-state index contributed by atoms with van der Waals surface area (Å²) in [5, 5.41) is 5.70. The number of benzene rings is 1. The van der Waals surface area contributed by atoms with Gasteiger partial charge in [-0.3, -0.25) is 4.79 Å². The first-order valence-corrected chi connectivity index (χ1v) is 11.3. The summed E-state index contributed by atoms with van der Waals surface area (Å²) >= 11 is 0. The van der Waals surface area contributed by atoms with Crippen LogP contribution in [-0.2, 0) is 11.3 Å². The Balaban J connectivity index is 1.31. The van der Waals surface area contributed by atoms with Gasteiger partial charge in [0, 0.05) is 49.0 Å². The van der Waals surface area contributed by atoms with E-state index in [4.69, 9.17) is 9.72 Å². The Morgan fingerprint density at radius 1 is 1.06 bits per heavy atom. The van der Waals surface area contributed by atoms with Crippen molar-refractivity contribution in [1.82, 2.24) is 24.6 Å². The lowest BCUT2D eigenvalue weighted by molar-refractivity contribution is 0.0712. The van der Waals surface area contributed by atoms with E-state index in [0.29, 0.717) is 12.5 Å². The molecule has 1 aliphatic rings. The largest absolute Gasteiger partial charge is 0.380 e. The Morgan fingerprint density at radius 3 is 2.55 bits per heavy atom. The minimum Gasteiger partial charge on any atom is -0.380 e. The third-order valence-electron chi connectivity index (χ3n) is 6.32. The number of aryl methyl sites for hydroxylation is 1. The number of likely N-dealkylation sites (tertiary alicyclic amines) is 1. The summed E-state index contributed by atoms with van der Waals surface area (Å²) in [5.74, 6) is 1.16. The molecule has 0 aliphatic carbocycles. The van der Waals surface area contributed by atoms with E-state index < -0.39 is 0 Å². The molecule has 7 nitrogen and oxygen atoms in total. The third kappa shape index (κ3) is 4.24. The van der Waals surface area contributed by atoms with E-state index in [2.05, 4.69) is 22.2 Å². The Labute approximate surface area is 193 Å². The van der Waals surface area contributed by atoms with Gasteiger partial charge in [-0.1, -0.05) is 18.2 Å². The predicted molar refractivity (Wildman–Crippen MR) is 126 cm³/mol. The van der Waals surface area contributed by atoms with Crippen LogP contribution in [0.3, 0.4) is 0 Å². The van der Waals surface area contributed by atoms with Crippen LogP contribution in [0, 0.1) is 6.92 Å². The molecule has 4 heterocycles. The van der Waals surface area contributed by atoms with E-state index in [9.17, 15) is 4.79 Å². The van der Waals surface area contributed by atoms with Crippen molar-refractivity contribution in [3.8, 4) is 5.82 Å². The van der Waals surface area contributed by atoms with Crippen molar-refractivity contribution in [2.75, 3.05) is 20.2 Å². The Morgan fingerprint density at radius 2 is 1.85 bits per heavy atom. The Hall–Kier alpha value is -3.58. The lowest BCUT2D eigenvalue weighted by Crippen LogP contribution is -2.38. The van der Waals surface area contributed by atoms with Crippen LogP contribution in [0.15, 0.2) is 60.8 Å². The maximum atomic E-state index is 13.0. The topological polar surface area (TPSA) is 73.1 Å². The number of nitrogens with zero attached hydrogens (tertiary/aromatic N) is 5. The molecular formula is C26H27N5O2. The highest BCUT2D eigenvalue weighted by Crippen LogP contribution is 2.30. The summed E-state index contributed by atoms with van der Waals surface area (Å²) in [5.41, 5.74) is 4.61. The molecule has 7 heteroatoms. The molecule has 1 amide bonds. The molecule has 1 saturated heterocycles. The molecule has 33 heavy (non-hydrogen) atoms. The van der Waals surface area contributed by atoms with Crippen molar-refractivity contribution < 1.29 is 9.53 Å². The molecule has 3 aromatic heterocycles. The molecule has 0 bridgehead atoms. The van der Waals surface area contributed by atoms with Crippen LogP contribution in [-0.4, -0.2) is 50.8 Å². The van der Waals surface area contributed by atoms with Gasteiger partial charge in [0.1, 0.15) is 0 Å². The predicted octanol–water partition coefficient (Wildman–Crippen LogP) is 4.29. The first-order valence-electron chi connectivity index (χ1n) is 11.3. The van der Waals surface area contributed by atoms with Gasteiger partial charge in [0.2, 0.25) is 0 Å². The molecular weight excluding hydrogens is 414 g/mol. The molecule has 0 atom stereocenters. The summed E-state index contributed by atoms with van der Waals surface area (Å²) in [6.07, 6.45) is 3.55. The Kier molecular flexibility index (Phi) is 5.88. The first-order chi connectivity index (χ1) is 16.1. The van der Waals surface area contributed by atoms with E-state index in [0.717, 1.165) is 65.3 Å². The fourth-order valence-electron chi connectivity index (χ4n) is 4.50. The zero-order chi connectivity index (χ0) is 22.8. The van der Waals surface area contributed by atoms with Gasteiger partial charge in [-0.2, -0.15) is 9.78 Å². The number of methoxy groups -OCH3 is 1. The van der Waals surface area contributed by atoms with E-state index in [1.165, 1.54) is 0 Å². The van der Waals surface area contributed by atoms with Gasteiger partial charge in [0.25, 0.3) is 5.91 Å². The summed E-state index contributed by atoms with van der Waals surface area (Å²) in [7, 11) is 1.67. The number of fused-ring (bicyclic) bond motifs is 1. The molecule has 4 aromatic rings. The third-order valence-corrected chi connectivity index (χ3v) is 6.32. The van der Waals surface area contributed by atoms with Crippen LogP contribution in [0.4, 0.5) is 0 Å². The first kappa shape index (κ1) is 21.3. The van der Waals surface area contributed by atoms with Crippen molar-refractivity contribution in [2.24, 2.45) is 0 Å². The normalized spacial score (nSPS) is 14.7. The fraction of sp³-hybridized carbons (Fsp3) is 0.308. The van der Waals surface area contributed by atoms with E-state index in [1.54, 1.807) is 13.3 Å². The number of piperidine rings is 1. The fourth-order valence-corrected chi connectivity index (χ4v) is 4.50. The molecule has 0 saturated carbocycles. The number of aromatic nitrogens is 4. The number of amides is 1. The molecule has 5 rings (SSSR count). The van der Waals surface area contributed by atoms with Crippen molar-refractivity contribution in [1.29, 1.82) is 0 Å². The van der Waals surface area contributed by atoms with Gasteiger partial charge in [-0.15, -0.1) is 0 Å². The minimum atomic E-state index is 0.0877. The minimum absolute atomic E-state index is 0.0877. The second kappa shape index (κ2) is 9.11. The standard InChI is InChI=1S/C26H27N5O2/c1-18-22-10-11-23(28-25(22)31(29-18)24-5-3-4-14-27-24)20-12-15-30(16-13-20)26(32)21-8-6-19(7-9-21)17-33-2/h3-11,14,20H,12-13,15-17H2,1-2H3. The summed E-state index contributed by atoms with van der Waals surface area (Å²) in [6, 6.07) is 17.7. The summed E-state index contributed by atoms with van der Waals surface area (Å²) in [4.78, 5) is 24.3. The molecule has 0 unspecified atom stereocenters. The van der Waals surface area contributed by atoms with Crippen LogP contribution in [0.5, 0.6) is 0 Å². The van der Waals surface area contributed by atoms with Gasteiger partial charge in [0.15, 0.2) is 11.5 Å². The van der Waals surface area contributed by atoms with E-state index in [-0.39, 0.29) is 5.91 Å². The van der Waals surface area contributed by atoms with E-state index >= 15 is 0 Å². The number of carbonyl (C=O) groups excluding carboxylic acids is 1. The number of ether oxygens (including phenoxy) is 1. The molecule has 1 aromatic carbocycles. The Bertz CT molecular complexity index is 1260. The van der Waals surface area contributed by atoms with Gasteiger partial charge in [0.05, 0.1) is 12.3 Å². The van der Waals surface area contributed by atoms with Crippen molar-refractivity contribution in [3.05, 3.63) is 83.3 Å². The van der Waals surface area contributed by atoms with Crippen molar-refractivity contribution >= 4 is 16.9 Å². The molecule has 1 aliphatic heterocycles. The molecule has 1 fully saturated rings.